The molecule has 0 radical (unpaired) electrons. The molecule has 115 heavy (non-hydrogen) atoms. The number of halogens is 4. The number of hydrogen-bond acceptors (Lipinski definition) is 19. The topological polar surface area (TPSA) is 217 Å². The van der Waals surface area contributed by atoms with Gasteiger partial charge in [-0.05, 0) is 144 Å². The molecule has 0 amide bonds. The average Bonchev–Trinajstić information content (AvgIpc) is 1.70. The molecule has 6 heterocycles. The number of hydrogen-bond donors (Lipinski definition) is 1. The van der Waals surface area contributed by atoms with E-state index in [1.54, 1.807) is 102 Å². The molecule has 14 rings (SSSR count). The monoisotopic (exact) mass is 1620 g/mol. The van der Waals surface area contributed by atoms with Gasteiger partial charge in [0.15, 0.2) is 69.2 Å². The number of methoxy groups -OCH3 is 3. The lowest BCUT2D eigenvalue weighted by Gasteiger charge is -2.11. The van der Waals surface area contributed by atoms with E-state index in [0.717, 1.165) is 57.0 Å². The van der Waals surface area contributed by atoms with Crippen molar-refractivity contribution in [2.24, 2.45) is 0 Å². The summed E-state index contributed by atoms with van der Waals surface area (Å²) < 4.78 is 77.2. The molecule has 0 saturated heterocycles. The molecule has 0 fully saturated rings. The van der Waals surface area contributed by atoms with Gasteiger partial charge >= 0.3 is 0 Å². The molecule has 0 aliphatic rings. The molecule has 16 nitrogen and oxygen atoms in total. The molecular formula is C92H77ClF3N3O13S3. The summed E-state index contributed by atoms with van der Waals surface area (Å²) in [5, 5.41) is 17.0. The molecular weight excluding hydrogens is 1540 g/mol. The standard InChI is InChI=1S/C33H28FNO4S.C32H26FNO5S.C27H23ClFNO4S/c1-3-16-39-31-15-12-22(19-32(31)38-2)29(36)13-14-30(37)28-18-23(21-8-5-4-6-9-21)17-27(35-28)25-20-40-33-24(25)10-7-11-26(33)34;1-38-31-18-21(10-13-30(31)39-15-14-35)28(36)11-12-29(37)27-17-22(20-6-3-2-4-7-20)16-26(34-27)24-19-40-32-23(24)8-5-9-25(32)33;1-3-11-34-25-10-7-16(12-26(25)33-2)23(31)8-9-24(32)22-14-17(28)13-21(30-22)19-15-35-27-18(19)5-4-6-20(27)29/h4-12,15,17-20H,3,13-14,16H2,1-2H3;2-10,13,16-19,35H,11-12,14-15H2,1H3;4-7,10,12-15H,3,8-9,11H2,1-2H3. The molecule has 584 valence electrons. The van der Waals surface area contributed by atoms with E-state index in [2.05, 4.69) is 15.0 Å². The van der Waals surface area contributed by atoms with Crippen LogP contribution >= 0.6 is 45.6 Å². The Kier molecular flexibility index (Phi) is 28.0. The summed E-state index contributed by atoms with van der Waals surface area (Å²) in [6, 6.07) is 59.3. The number of carbonyl (C=O) groups excluding carboxylic acids is 6. The molecule has 0 bridgehead atoms. The number of aliphatic hydroxyl groups is 1. The Morgan fingerprint density at radius 2 is 0.678 bits per heavy atom. The van der Waals surface area contributed by atoms with Crippen molar-refractivity contribution in [1.82, 2.24) is 15.0 Å². The van der Waals surface area contributed by atoms with Crippen LogP contribution in [0.1, 0.15) is 128 Å². The molecule has 1 N–H and O–H groups in total. The lowest BCUT2D eigenvalue weighted by atomic mass is 9.99. The van der Waals surface area contributed by atoms with Gasteiger partial charge in [0.1, 0.15) is 41.1 Å². The molecule has 8 aromatic carbocycles. The first-order valence-electron chi connectivity index (χ1n) is 36.9. The summed E-state index contributed by atoms with van der Waals surface area (Å²) in [5.74, 6) is 0.574. The van der Waals surface area contributed by atoms with E-state index in [9.17, 15) is 41.9 Å². The summed E-state index contributed by atoms with van der Waals surface area (Å²) in [7, 11) is 4.51. The van der Waals surface area contributed by atoms with E-state index in [4.69, 9.17) is 45.1 Å². The Morgan fingerprint density at radius 1 is 0.357 bits per heavy atom. The van der Waals surface area contributed by atoms with E-state index in [0.29, 0.717) is 112 Å². The van der Waals surface area contributed by atoms with Crippen LogP contribution in [0.25, 0.3) is 86.3 Å². The normalized spacial score (nSPS) is 11.0. The van der Waals surface area contributed by atoms with Gasteiger partial charge in [0, 0.05) is 109 Å². The van der Waals surface area contributed by atoms with Gasteiger partial charge < -0.3 is 33.5 Å². The van der Waals surface area contributed by atoms with Crippen molar-refractivity contribution in [3.63, 3.8) is 0 Å². The van der Waals surface area contributed by atoms with Gasteiger partial charge in [-0.3, -0.25) is 28.8 Å². The molecule has 23 heteroatoms. The first-order chi connectivity index (χ1) is 55.9. The quantitative estimate of drug-likeness (QED) is 0.0388. The Bertz CT molecular complexity index is 5640. The van der Waals surface area contributed by atoms with Crippen molar-refractivity contribution in [3.05, 3.63) is 279 Å². The Balaban J connectivity index is 0.000000160. The highest BCUT2D eigenvalue weighted by Gasteiger charge is 2.24. The molecule has 0 aliphatic carbocycles. The summed E-state index contributed by atoms with van der Waals surface area (Å²) >= 11 is 10.2. The third kappa shape index (κ3) is 20.1. The average molecular weight is 1620 g/mol. The van der Waals surface area contributed by atoms with Crippen molar-refractivity contribution in [1.29, 1.82) is 0 Å². The second-order valence-electron chi connectivity index (χ2n) is 26.2. The summed E-state index contributed by atoms with van der Waals surface area (Å²) in [6.45, 7) is 5.06. The van der Waals surface area contributed by atoms with Gasteiger partial charge in [0.25, 0.3) is 0 Å². The van der Waals surface area contributed by atoms with Crippen LogP contribution in [0.4, 0.5) is 13.2 Å². The minimum atomic E-state index is -0.308. The fourth-order valence-corrected chi connectivity index (χ4v) is 15.7. The molecule has 0 aliphatic heterocycles. The molecule has 14 aromatic rings. The number of carbonyl (C=O) groups is 6. The number of rotatable bonds is 32. The fraction of sp³-hybridized carbons (Fsp3) is 0.185. The number of aromatic nitrogens is 3. The zero-order valence-electron chi connectivity index (χ0n) is 63.3. The summed E-state index contributed by atoms with van der Waals surface area (Å²) in [4.78, 5) is 92.1. The maximum absolute atomic E-state index is 14.4. The Labute approximate surface area is 678 Å². The SMILES string of the molecule is CCCOc1ccc(C(=O)CCC(=O)c2cc(-c3ccccc3)cc(-c3csc4c(F)cccc34)n2)cc1OC.CCCOc1ccc(C(=O)CCC(=O)c2cc(Cl)cc(-c3csc4c(F)cccc34)n2)cc1OC.COc1cc(C(=O)CCC(=O)c2cc(-c3ccccc3)cc(-c3csc4c(F)cccc34)n2)ccc1OCCO. The number of Topliss-reactive ketones (excluding diaryl/α,β-unsaturated/α-hetero) is 6. The largest absolute Gasteiger partial charge is 0.493 e. The Hall–Kier alpha value is -12.1. The molecule has 0 spiro atoms. The number of ether oxygens (including phenoxy) is 6. The Morgan fingerprint density at radius 3 is 1.01 bits per heavy atom. The first kappa shape index (κ1) is 82.4. The minimum Gasteiger partial charge on any atom is -0.493 e. The number of benzene rings is 8. The lowest BCUT2D eigenvalue weighted by molar-refractivity contribution is 0.0915. The van der Waals surface area contributed by atoms with Crippen LogP contribution < -0.4 is 28.4 Å². The second kappa shape index (κ2) is 39.1. The van der Waals surface area contributed by atoms with E-state index >= 15 is 0 Å². The number of pyridine rings is 3. The van der Waals surface area contributed by atoms with Crippen molar-refractivity contribution in [2.45, 2.75) is 65.2 Å². The summed E-state index contributed by atoms with van der Waals surface area (Å²) in [6.07, 6.45) is 1.66. The third-order valence-electron chi connectivity index (χ3n) is 18.5. The van der Waals surface area contributed by atoms with E-state index in [-0.39, 0.29) is 121 Å². The maximum Gasteiger partial charge on any atom is 0.181 e. The van der Waals surface area contributed by atoms with Crippen molar-refractivity contribution in [3.8, 4) is 90.5 Å². The predicted molar refractivity (Wildman–Crippen MR) is 448 cm³/mol. The van der Waals surface area contributed by atoms with Crippen LogP contribution in [0.3, 0.4) is 0 Å². The van der Waals surface area contributed by atoms with Gasteiger partial charge in [-0.25, -0.2) is 28.1 Å². The number of ketones is 6. The van der Waals surface area contributed by atoms with Gasteiger partial charge in [-0.15, -0.1) is 34.0 Å². The number of thiophene rings is 3. The maximum atomic E-state index is 14.4. The highest BCUT2D eigenvalue weighted by Crippen LogP contribution is 2.41. The van der Waals surface area contributed by atoms with Gasteiger partial charge in [-0.1, -0.05) is 123 Å². The fourth-order valence-electron chi connectivity index (χ4n) is 12.6. The van der Waals surface area contributed by atoms with E-state index < -0.39 is 0 Å². The predicted octanol–water partition coefficient (Wildman–Crippen LogP) is 22.8. The van der Waals surface area contributed by atoms with Crippen molar-refractivity contribution >= 4 is 111 Å². The van der Waals surface area contributed by atoms with Crippen LogP contribution in [0, 0.1) is 17.5 Å². The lowest BCUT2D eigenvalue weighted by Crippen LogP contribution is -2.08. The van der Waals surface area contributed by atoms with E-state index in [1.165, 1.54) is 79.6 Å². The highest BCUT2D eigenvalue weighted by atomic mass is 35.5. The number of nitrogens with zero attached hydrogens (tertiary/aromatic N) is 3. The van der Waals surface area contributed by atoms with Crippen LogP contribution in [0.15, 0.2) is 222 Å². The van der Waals surface area contributed by atoms with Crippen LogP contribution in [-0.2, 0) is 0 Å². The van der Waals surface area contributed by atoms with Crippen LogP contribution in [-0.4, -0.2) is 103 Å². The first-order valence-corrected chi connectivity index (χ1v) is 39.9. The smallest absolute Gasteiger partial charge is 0.181 e. The molecule has 6 aromatic heterocycles. The number of fused-ring (bicyclic) bond motifs is 3. The van der Waals surface area contributed by atoms with Crippen molar-refractivity contribution in [2.75, 3.05) is 47.8 Å². The highest BCUT2D eigenvalue weighted by molar-refractivity contribution is 7.18. The number of aliphatic hydroxyl groups excluding tert-OH is 1. The van der Waals surface area contributed by atoms with Crippen molar-refractivity contribution < 1.29 is 75.5 Å². The molecule has 0 atom stereocenters. The molecule has 0 unspecified atom stereocenters. The zero-order valence-corrected chi connectivity index (χ0v) is 66.5. The minimum absolute atomic E-state index is 0.00106. The van der Waals surface area contributed by atoms with Crippen LogP contribution in [0.2, 0.25) is 5.02 Å². The van der Waals surface area contributed by atoms with Crippen LogP contribution in [0.5, 0.6) is 34.5 Å². The third-order valence-corrected chi connectivity index (χ3v) is 21.7. The summed E-state index contributed by atoms with van der Waals surface area (Å²) in [5.41, 5.74) is 9.26. The van der Waals surface area contributed by atoms with Gasteiger partial charge in [-0.2, -0.15) is 0 Å². The van der Waals surface area contributed by atoms with Gasteiger partial charge in [0.05, 0.1) is 72.3 Å². The van der Waals surface area contributed by atoms with E-state index in [1.807, 2.05) is 110 Å². The molecule has 0 saturated carbocycles. The van der Waals surface area contributed by atoms with Gasteiger partial charge in [0.2, 0.25) is 0 Å². The zero-order chi connectivity index (χ0) is 81.1. The second-order valence-corrected chi connectivity index (χ2v) is 29.3.